The van der Waals surface area contributed by atoms with Gasteiger partial charge in [0, 0.05) is 4.88 Å². The first kappa shape index (κ1) is 7.37. The van der Waals surface area contributed by atoms with Crippen molar-refractivity contribution in [3.8, 4) is 12.3 Å². The Labute approximate surface area is 65.9 Å². The Morgan fingerprint density at radius 3 is 2.80 bits per heavy atom. The van der Waals surface area contributed by atoms with Crippen LogP contribution in [0, 0.1) is 19.3 Å². The molecule has 0 aliphatic carbocycles. The summed E-state index contributed by atoms with van der Waals surface area (Å²) in [6.45, 7) is 4.15. The summed E-state index contributed by atoms with van der Waals surface area (Å²) < 4.78 is 0. The normalized spacial score (nSPS) is 12.5. The van der Waals surface area contributed by atoms with Gasteiger partial charge in [0.1, 0.15) is 0 Å². The monoisotopic (exact) mass is 150 g/mol. The van der Waals surface area contributed by atoms with Crippen LogP contribution in [0.3, 0.4) is 0 Å². The van der Waals surface area contributed by atoms with Crippen LogP contribution in [-0.4, -0.2) is 0 Å². The average molecular weight is 150 g/mol. The van der Waals surface area contributed by atoms with E-state index in [1.54, 1.807) is 11.3 Å². The Hall–Kier alpha value is -0.740. The lowest BCUT2D eigenvalue weighted by Gasteiger charge is -2.00. The van der Waals surface area contributed by atoms with Crippen molar-refractivity contribution in [2.75, 3.05) is 0 Å². The molecular formula is C9H10S. The molecule has 1 atom stereocenters. The Kier molecular flexibility index (Phi) is 2.13. The summed E-state index contributed by atoms with van der Waals surface area (Å²) in [5, 5.41) is 2.08. The summed E-state index contributed by atoms with van der Waals surface area (Å²) in [5.74, 6) is 3.00. The molecule has 52 valence electrons. The van der Waals surface area contributed by atoms with Crippen molar-refractivity contribution in [3.63, 3.8) is 0 Å². The van der Waals surface area contributed by atoms with Crippen LogP contribution in [0.25, 0.3) is 0 Å². The molecule has 1 heterocycles. The van der Waals surface area contributed by atoms with Crippen molar-refractivity contribution in [2.24, 2.45) is 0 Å². The van der Waals surface area contributed by atoms with Crippen molar-refractivity contribution >= 4 is 11.3 Å². The zero-order valence-corrected chi connectivity index (χ0v) is 7.03. The van der Waals surface area contributed by atoms with E-state index >= 15 is 0 Å². The fourth-order valence-corrected chi connectivity index (χ4v) is 1.85. The number of thiophene rings is 1. The smallest absolute Gasteiger partial charge is 0.0517 e. The Balaban J connectivity index is 2.96. The summed E-state index contributed by atoms with van der Waals surface area (Å²) in [5.41, 5.74) is 1.32. The maximum Gasteiger partial charge on any atom is 0.0517 e. The Bertz CT molecular complexity index is 252. The first-order valence-corrected chi connectivity index (χ1v) is 4.13. The number of aryl methyl sites for hydroxylation is 1. The van der Waals surface area contributed by atoms with Crippen LogP contribution in [0.4, 0.5) is 0 Å². The van der Waals surface area contributed by atoms with Crippen molar-refractivity contribution in [2.45, 2.75) is 19.8 Å². The predicted molar refractivity (Wildman–Crippen MR) is 46.3 cm³/mol. The van der Waals surface area contributed by atoms with Gasteiger partial charge in [-0.1, -0.05) is 5.92 Å². The number of hydrogen-bond donors (Lipinski definition) is 0. The summed E-state index contributed by atoms with van der Waals surface area (Å²) in [6.07, 6.45) is 5.29. The summed E-state index contributed by atoms with van der Waals surface area (Å²) in [6, 6.07) is 2.10. The van der Waals surface area contributed by atoms with Crippen molar-refractivity contribution in [1.82, 2.24) is 0 Å². The molecule has 0 bridgehead atoms. The first-order valence-electron chi connectivity index (χ1n) is 3.26. The van der Waals surface area contributed by atoms with Gasteiger partial charge in [0.2, 0.25) is 0 Å². The van der Waals surface area contributed by atoms with E-state index in [-0.39, 0.29) is 5.92 Å². The van der Waals surface area contributed by atoms with Crippen LogP contribution >= 0.6 is 11.3 Å². The molecule has 10 heavy (non-hydrogen) atoms. The minimum Gasteiger partial charge on any atom is -0.147 e. The van der Waals surface area contributed by atoms with Crippen molar-refractivity contribution in [1.29, 1.82) is 0 Å². The molecule has 0 nitrogen and oxygen atoms in total. The van der Waals surface area contributed by atoms with Crippen LogP contribution in [0.2, 0.25) is 0 Å². The van der Waals surface area contributed by atoms with Gasteiger partial charge < -0.3 is 0 Å². The van der Waals surface area contributed by atoms with Crippen LogP contribution < -0.4 is 0 Å². The molecule has 0 N–H and O–H groups in total. The van der Waals surface area contributed by atoms with E-state index in [9.17, 15) is 0 Å². The molecule has 1 unspecified atom stereocenters. The number of rotatable bonds is 1. The maximum atomic E-state index is 5.29. The van der Waals surface area contributed by atoms with Crippen LogP contribution in [0.5, 0.6) is 0 Å². The summed E-state index contributed by atoms with van der Waals surface area (Å²) in [7, 11) is 0. The first-order chi connectivity index (χ1) is 4.75. The molecule has 0 fully saturated rings. The molecule has 1 aromatic heterocycles. The maximum absolute atomic E-state index is 5.29. The fourth-order valence-electron chi connectivity index (χ4n) is 0.904. The molecule has 0 aliphatic rings. The number of hydrogen-bond acceptors (Lipinski definition) is 1. The van der Waals surface area contributed by atoms with Gasteiger partial charge in [-0.2, -0.15) is 0 Å². The largest absolute Gasteiger partial charge is 0.147 e. The lowest BCUT2D eigenvalue weighted by atomic mass is 10.1. The molecule has 0 aromatic carbocycles. The summed E-state index contributed by atoms with van der Waals surface area (Å²) in [4.78, 5) is 1.32. The molecule has 0 amide bonds. The summed E-state index contributed by atoms with van der Waals surface area (Å²) >= 11 is 1.74. The zero-order valence-electron chi connectivity index (χ0n) is 6.22. The van der Waals surface area contributed by atoms with Gasteiger partial charge in [-0.05, 0) is 30.9 Å². The van der Waals surface area contributed by atoms with Crippen molar-refractivity contribution < 1.29 is 0 Å². The van der Waals surface area contributed by atoms with Gasteiger partial charge in [-0.25, -0.2) is 0 Å². The molecular weight excluding hydrogens is 140 g/mol. The second kappa shape index (κ2) is 2.90. The second-order valence-corrected chi connectivity index (χ2v) is 3.30. The highest BCUT2D eigenvalue weighted by molar-refractivity contribution is 7.10. The van der Waals surface area contributed by atoms with Gasteiger partial charge in [-0.3, -0.25) is 0 Å². The fraction of sp³-hybridized carbons (Fsp3) is 0.333. The Morgan fingerprint density at radius 1 is 1.70 bits per heavy atom. The van der Waals surface area contributed by atoms with E-state index in [1.807, 2.05) is 0 Å². The lowest BCUT2D eigenvalue weighted by molar-refractivity contribution is 1.02. The van der Waals surface area contributed by atoms with E-state index < -0.39 is 0 Å². The van der Waals surface area contributed by atoms with E-state index in [2.05, 4.69) is 31.2 Å². The predicted octanol–water partition coefficient (Wildman–Crippen LogP) is 2.79. The van der Waals surface area contributed by atoms with Gasteiger partial charge in [-0.15, -0.1) is 17.8 Å². The van der Waals surface area contributed by atoms with Crippen LogP contribution in [0.1, 0.15) is 23.3 Å². The SMILES string of the molecule is C#CC(C)c1sccc1C. The van der Waals surface area contributed by atoms with E-state index in [0.717, 1.165) is 0 Å². The van der Waals surface area contributed by atoms with Gasteiger partial charge in [0.05, 0.1) is 5.92 Å². The third-order valence-corrected chi connectivity index (χ3v) is 2.75. The third kappa shape index (κ3) is 1.22. The lowest BCUT2D eigenvalue weighted by Crippen LogP contribution is -1.85. The molecule has 0 radical (unpaired) electrons. The van der Waals surface area contributed by atoms with Gasteiger partial charge in [0.25, 0.3) is 0 Å². The number of terminal acetylenes is 1. The van der Waals surface area contributed by atoms with E-state index in [0.29, 0.717) is 0 Å². The minimum absolute atomic E-state index is 0.278. The molecule has 0 saturated carbocycles. The van der Waals surface area contributed by atoms with Gasteiger partial charge >= 0.3 is 0 Å². The van der Waals surface area contributed by atoms with E-state index in [1.165, 1.54) is 10.4 Å². The van der Waals surface area contributed by atoms with Crippen LogP contribution in [-0.2, 0) is 0 Å². The van der Waals surface area contributed by atoms with E-state index in [4.69, 9.17) is 6.42 Å². The molecule has 1 heteroatoms. The topological polar surface area (TPSA) is 0 Å². The average Bonchev–Trinajstić information content (AvgIpc) is 2.34. The standard InChI is InChI=1S/C9H10S/c1-4-7(2)9-8(3)5-6-10-9/h1,5-7H,2-3H3. The van der Waals surface area contributed by atoms with Gasteiger partial charge in [0.15, 0.2) is 0 Å². The highest BCUT2D eigenvalue weighted by Crippen LogP contribution is 2.24. The third-order valence-electron chi connectivity index (χ3n) is 1.54. The molecule has 0 aliphatic heterocycles. The molecule has 1 aromatic rings. The quantitative estimate of drug-likeness (QED) is 0.540. The minimum atomic E-state index is 0.278. The molecule has 0 spiro atoms. The zero-order chi connectivity index (χ0) is 7.56. The second-order valence-electron chi connectivity index (χ2n) is 2.36. The Morgan fingerprint density at radius 2 is 2.40 bits per heavy atom. The molecule has 0 saturated heterocycles. The highest BCUT2D eigenvalue weighted by atomic mass is 32.1. The van der Waals surface area contributed by atoms with Crippen molar-refractivity contribution in [3.05, 3.63) is 21.9 Å². The highest BCUT2D eigenvalue weighted by Gasteiger charge is 2.04. The van der Waals surface area contributed by atoms with Crippen LogP contribution in [0.15, 0.2) is 11.4 Å². The molecule has 1 rings (SSSR count).